The van der Waals surface area contributed by atoms with E-state index in [-0.39, 0.29) is 25.3 Å². The van der Waals surface area contributed by atoms with Crippen LogP contribution in [0.4, 0.5) is 0 Å². The number of ether oxygens (including phenoxy) is 4. The van der Waals surface area contributed by atoms with Gasteiger partial charge in [-0.05, 0) is 74.6 Å². The van der Waals surface area contributed by atoms with Crippen molar-refractivity contribution in [3.63, 3.8) is 0 Å². The largest absolute Gasteiger partial charge is 0.494 e. The summed E-state index contributed by atoms with van der Waals surface area (Å²) < 4.78 is 23.0. The van der Waals surface area contributed by atoms with Crippen LogP contribution in [0.25, 0.3) is 11.1 Å². The van der Waals surface area contributed by atoms with Crippen molar-refractivity contribution >= 4 is 17.8 Å². The van der Waals surface area contributed by atoms with Crippen LogP contribution >= 0.6 is 0 Å². The zero-order valence-electron chi connectivity index (χ0n) is 27.1. The van der Waals surface area contributed by atoms with E-state index >= 15 is 0 Å². The monoisotopic (exact) mass is 631 g/mol. The van der Waals surface area contributed by atoms with Crippen LogP contribution in [-0.4, -0.2) is 67.5 Å². The van der Waals surface area contributed by atoms with Gasteiger partial charge in [-0.3, -0.25) is 15.0 Å². The number of nitrogens with one attached hydrogen (secondary N) is 2. The molecule has 0 saturated carbocycles. The topological polar surface area (TPSA) is 128 Å². The number of aliphatic imine (C=N–C) groups is 1. The fourth-order valence-electron chi connectivity index (χ4n) is 5.09. The molecular formula is C36H45N3O7. The van der Waals surface area contributed by atoms with E-state index in [1.165, 1.54) is 0 Å². The third-order valence-electron chi connectivity index (χ3n) is 7.33. The molecule has 0 aliphatic carbocycles. The van der Waals surface area contributed by atoms with E-state index in [0.717, 1.165) is 16.7 Å². The van der Waals surface area contributed by atoms with E-state index in [0.29, 0.717) is 43.9 Å². The highest BCUT2D eigenvalue weighted by molar-refractivity contribution is 6.01. The fraction of sp³-hybridized carbons (Fsp3) is 0.417. The van der Waals surface area contributed by atoms with Gasteiger partial charge >= 0.3 is 5.97 Å². The van der Waals surface area contributed by atoms with Crippen LogP contribution in [0.5, 0.6) is 5.75 Å². The van der Waals surface area contributed by atoms with Gasteiger partial charge in [0.2, 0.25) is 5.90 Å². The van der Waals surface area contributed by atoms with Crippen molar-refractivity contribution in [3.05, 3.63) is 90.0 Å². The first-order valence-electron chi connectivity index (χ1n) is 15.7. The lowest BCUT2D eigenvalue weighted by Gasteiger charge is -2.31. The molecule has 0 radical (unpaired) electrons. The predicted molar refractivity (Wildman–Crippen MR) is 176 cm³/mol. The van der Waals surface area contributed by atoms with E-state index in [4.69, 9.17) is 29.0 Å². The molecular weight excluding hydrogens is 586 g/mol. The molecule has 3 N–H and O–H groups in total. The highest BCUT2D eigenvalue weighted by Crippen LogP contribution is 2.43. The Bertz CT molecular complexity index is 1440. The third kappa shape index (κ3) is 9.38. The number of hydrazine groups is 1. The van der Waals surface area contributed by atoms with Crippen molar-refractivity contribution in [1.29, 1.82) is 0 Å². The molecule has 246 valence electrons. The maximum atomic E-state index is 14.2. The first-order valence-corrected chi connectivity index (χ1v) is 15.7. The molecule has 0 aromatic heterocycles. The number of esters is 1. The van der Waals surface area contributed by atoms with Crippen LogP contribution in [0.2, 0.25) is 0 Å². The summed E-state index contributed by atoms with van der Waals surface area (Å²) in [6.45, 7) is 6.87. The molecule has 3 aromatic rings. The average Bonchev–Trinajstić information content (AvgIpc) is 3.45. The average molecular weight is 632 g/mol. The van der Waals surface area contributed by atoms with Crippen LogP contribution in [-0.2, 0) is 23.8 Å². The van der Waals surface area contributed by atoms with Gasteiger partial charge in [-0.25, -0.2) is 10.4 Å². The van der Waals surface area contributed by atoms with Crippen molar-refractivity contribution < 1.29 is 33.6 Å². The molecule has 0 unspecified atom stereocenters. The normalized spacial score (nSPS) is 17.6. The van der Waals surface area contributed by atoms with Crippen LogP contribution in [0, 0.1) is 0 Å². The van der Waals surface area contributed by atoms with Gasteiger partial charge in [0.15, 0.2) is 11.6 Å². The number of benzene rings is 3. The quantitative estimate of drug-likeness (QED) is 0.113. The molecule has 2 atom stereocenters. The smallest absolute Gasteiger partial charge is 0.306 e. The lowest BCUT2D eigenvalue weighted by Crippen LogP contribution is -2.53. The first kappa shape index (κ1) is 34.6. The molecule has 4 rings (SSSR count). The number of hydrogen-bond donors (Lipinski definition) is 3. The highest BCUT2D eigenvalue weighted by Gasteiger charge is 2.53. The van der Waals surface area contributed by atoms with E-state index in [2.05, 4.69) is 10.9 Å². The van der Waals surface area contributed by atoms with Gasteiger partial charge in [0.25, 0.3) is 5.91 Å². The minimum Gasteiger partial charge on any atom is -0.494 e. The van der Waals surface area contributed by atoms with Gasteiger partial charge in [-0.15, -0.1) is 0 Å². The minimum atomic E-state index is -1.49. The number of carbonyl (C=O) groups excluding carboxylic acids is 2. The summed E-state index contributed by atoms with van der Waals surface area (Å²) in [5.74, 6) is 0.0549. The molecule has 0 fully saturated rings. The van der Waals surface area contributed by atoms with Crippen molar-refractivity contribution in [2.24, 2.45) is 4.99 Å². The Morgan fingerprint density at radius 1 is 0.913 bits per heavy atom. The fourth-order valence-corrected chi connectivity index (χ4v) is 5.09. The van der Waals surface area contributed by atoms with Gasteiger partial charge in [-0.1, -0.05) is 54.6 Å². The number of aliphatic hydroxyl groups is 1. The Labute approximate surface area is 271 Å². The second-order valence-electron chi connectivity index (χ2n) is 12.1. The van der Waals surface area contributed by atoms with Crippen LogP contribution in [0.1, 0.15) is 63.7 Å². The molecule has 0 spiro atoms. The number of methoxy groups -OCH3 is 1. The van der Waals surface area contributed by atoms with Gasteiger partial charge in [-0.2, -0.15) is 0 Å². The van der Waals surface area contributed by atoms with E-state index in [1.807, 2.05) is 66.7 Å². The predicted octanol–water partition coefficient (Wildman–Crippen LogP) is 5.15. The third-order valence-corrected chi connectivity index (χ3v) is 7.33. The Balaban J connectivity index is 1.70. The number of hydrogen-bond acceptors (Lipinski definition) is 9. The molecule has 1 aliphatic heterocycles. The summed E-state index contributed by atoms with van der Waals surface area (Å²) in [6, 6.07) is 25.1. The van der Waals surface area contributed by atoms with E-state index < -0.39 is 29.1 Å². The van der Waals surface area contributed by atoms with E-state index in [9.17, 15) is 9.59 Å². The Morgan fingerprint density at radius 2 is 1.59 bits per heavy atom. The molecule has 1 aliphatic rings. The van der Waals surface area contributed by atoms with Crippen molar-refractivity contribution in [2.75, 3.05) is 33.5 Å². The minimum absolute atomic E-state index is 0.0461. The lowest BCUT2D eigenvalue weighted by atomic mass is 9.83. The standard InChI is InChI=1S/C36H45N3O7/c1-35(2,3)46-31(41)20-21-36(34(42)39-37-22-8-24-43-4)32(28-14-12-27(13-15-28)26-10-6-5-7-11-26)45-33(38-36)29-16-18-30(19-17-29)44-25-9-23-40/h5-7,10-19,32,37,40H,8-9,20-25H2,1-4H3,(H,39,42)/t32-,36-/m0/s1. The zero-order chi connectivity index (χ0) is 33.0. The number of aliphatic hydroxyl groups excluding tert-OH is 1. The number of rotatable bonds is 16. The molecule has 10 nitrogen and oxygen atoms in total. The maximum absolute atomic E-state index is 14.2. The number of carbonyl (C=O) groups is 2. The second-order valence-corrected chi connectivity index (χ2v) is 12.1. The summed E-state index contributed by atoms with van der Waals surface area (Å²) in [6.07, 6.45) is 0.367. The molecule has 0 bridgehead atoms. The lowest BCUT2D eigenvalue weighted by molar-refractivity contribution is -0.155. The van der Waals surface area contributed by atoms with Gasteiger partial charge in [0.05, 0.1) is 6.61 Å². The molecule has 1 amide bonds. The van der Waals surface area contributed by atoms with Crippen LogP contribution < -0.4 is 15.6 Å². The summed E-state index contributed by atoms with van der Waals surface area (Å²) in [4.78, 5) is 32.1. The number of amides is 1. The second kappa shape index (κ2) is 16.4. The summed E-state index contributed by atoms with van der Waals surface area (Å²) in [7, 11) is 1.62. The Morgan fingerprint density at radius 3 is 2.24 bits per heavy atom. The summed E-state index contributed by atoms with van der Waals surface area (Å²) in [5, 5.41) is 9.06. The van der Waals surface area contributed by atoms with Crippen LogP contribution in [0.3, 0.4) is 0 Å². The van der Waals surface area contributed by atoms with Gasteiger partial charge in [0.1, 0.15) is 11.4 Å². The zero-order valence-corrected chi connectivity index (χ0v) is 27.1. The van der Waals surface area contributed by atoms with Crippen LogP contribution in [0.15, 0.2) is 83.9 Å². The van der Waals surface area contributed by atoms with Gasteiger partial charge < -0.3 is 24.1 Å². The summed E-state index contributed by atoms with van der Waals surface area (Å²) >= 11 is 0. The molecule has 3 aromatic carbocycles. The van der Waals surface area contributed by atoms with E-state index in [1.54, 1.807) is 40.0 Å². The number of nitrogens with zero attached hydrogens (tertiary/aromatic N) is 1. The molecule has 0 saturated heterocycles. The highest BCUT2D eigenvalue weighted by atomic mass is 16.6. The van der Waals surface area contributed by atoms with Gasteiger partial charge in [0, 0.05) is 45.3 Å². The molecule has 1 heterocycles. The molecule has 46 heavy (non-hydrogen) atoms. The summed E-state index contributed by atoms with van der Waals surface area (Å²) in [5.41, 5.74) is 7.10. The Kier molecular flexibility index (Phi) is 12.3. The van der Waals surface area contributed by atoms with Crippen molar-refractivity contribution in [3.8, 4) is 16.9 Å². The van der Waals surface area contributed by atoms with Crippen molar-refractivity contribution in [1.82, 2.24) is 10.9 Å². The van der Waals surface area contributed by atoms with Crippen molar-refractivity contribution in [2.45, 2.75) is 63.7 Å². The maximum Gasteiger partial charge on any atom is 0.306 e. The Hall–Kier alpha value is -4.25. The first-order chi connectivity index (χ1) is 22.1. The molecule has 10 heteroatoms. The SMILES string of the molecule is COCCCNNC(=O)[C@@]1(CCC(=O)OC(C)(C)C)N=C(c2ccc(OCCCO)cc2)O[C@H]1c1ccc(-c2ccccc2)cc1.